The highest BCUT2D eigenvalue weighted by Gasteiger charge is 2.39. The smallest absolute Gasteiger partial charge is 0.131 e. The van der Waals surface area contributed by atoms with Crippen LogP contribution >= 0.6 is 0 Å². The highest BCUT2D eigenvalue weighted by molar-refractivity contribution is 6.08. The van der Waals surface area contributed by atoms with Gasteiger partial charge in [0, 0.05) is 23.0 Å². The molecule has 0 spiro atoms. The van der Waals surface area contributed by atoms with Gasteiger partial charge >= 0.3 is 0 Å². The van der Waals surface area contributed by atoms with Crippen LogP contribution in [0.15, 0.2) is 127 Å². The van der Waals surface area contributed by atoms with Crippen molar-refractivity contribution in [2.24, 2.45) is 5.73 Å². The Morgan fingerprint density at radius 1 is 1.00 bits per heavy atom. The molecule has 3 N–H and O–H groups in total. The molecule has 1 atom stereocenters. The molecule has 4 aromatic rings. The van der Waals surface area contributed by atoms with E-state index in [-0.39, 0.29) is 6.17 Å². The second kappa shape index (κ2) is 10.0. The van der Waals surface area contributed by atoms with Gasteiger partial charge in [0.1, 0.15) is 17.5 Å². The third-order valence-corrected chi connectivity index (χ3v) is 7.26. The van der Waals surface area contributed by atoms with E-state index < -0.39 is 0 Å². The molecule has 0 saturated carbocycles. The van der Waals surface area contributed by atoms with Crippen molar-refractivity contribution in [2.45, 2.75) is 20.0 Å². The van der Waals surface area contributed by atoms with Gasteiger partial charge in [-0.3, -0.25) is 9.55 Å². The van der Waals surface area contributed by atoms with Crippen molar-refractivity contribution < 1.29 is 0 Å². The van der Waals surface area contributed by atoms with E-state index in [9.17, 15) is 0 Å². The summed E-state index contributed by atoms with van der Waals surface area (Å²) < 4.78 is 2.10. The van der Waals surface area contributed by atoms with Crippen molar-refractivity contribution in [3.8, 4) is 0 Å². The van der Waals surface area contributed by atoms with E-state index >= 15 is 0 Å². The highest BCUT2D eigenvalue weighted by atomic mass is 15.3. The number of para-hydroxylation sites is 2. The van der Waals surface area contributed by atoms with Crippen LogP contribution in [-0.2, 0) is 0 Å². The maximum Gasteiger partial charge on any atom is 0.131 e. The fourth-order valence-corrected chi connectivity index (χ4v) is 5.51. The monoisotopic (exact) mass is 509 g/mol. The Balaban J connectivity index is 1.51. The summed E-state index contributed by atoms with van der Waals surface area (Å²) in [5.74, 6) is 0.621. The normalized spacial score (nSPS) is 17.1. The van der Waals surface area contributed by atoms with Crippen LogP contribution in [0.1, 0.15) is 25.1 Å². The number of hydrogen-bond donors (Lipinski definition) is 2. The van der Waals surface area contributed by atoms with Gasteiger partial charge in [-0.1, -0.05) is 73.4 Å². The van der Waals surface area contributed by atoms with Crippen molar-refractivity contribution >= 4 is 45.6 Å². The van der Waals surface area contributed by atoms with Crippen LogP contribution in [0.5, 0.6) is 0 Å². The number of hydrogen-bond acceptors (Lipinski definition) is 4. The van der Waals surface area contributed by atoms with Gasteiger partial charge in [0.15, 0.2) is 0 Å². The molecule has 0 aliphatic carbocycles. The Hall–Kier alpha value is -5.03. The molecule has 2 aromatic heterocycles. The summed E-state index contributed by atoms with van der Waals surface area (Å²) in [7, 11) is 0. The number of allylic oxidation sites excluding steroid dienone is 8. The third-order valence-electron chi connectivity index (χ3n) is 7.26. The molecular weight excluding hydrogens is 478 g/mol. The summed E-state index contributed by atoms with van der Waals surface area (Å²) in [6, 6.07) is 23.1. The molecule has 0 radical (unpaired) electrons. The van der Waals surface area contributed by atoms with Gasteiger partial charge in [-0.05, 0) is 67.5 Å². The summed E-state index contributed by atoms with van der Waals surface area (Å²) in [6.07, 6.45) is 15.9. The van der Waals surface area contributed by atoms with Crippen LogP contribution in [0.4, 0.5) is 17.1 Å². The number of benzene rings is 2. The lowest BCUT2D eigenvalue weighted by atomic mass is 10.0. The first-order valence-corrected chi connectivity index (χ1v) is 13.1. The first-order chi connectivity index (χ1) is 19.1. The Bertz CT molecular complexity index is 1730. The van der Waals surface area contributed by atoms with E-state index in [0.29, 0.717) is 5.82 Å². The predicted octanol–water partition coefficient (Wildman–Crippen LogP) is 7.87. The van der Waals surface area contributed by atoms with E-state index in [4.69, 9.17) is 10.7 Å². The minimum absolute atomic E-state index is 0.0573. The number of aromatic nitrogens is 2. The Labute approximate surface area is 229 Å². The largest absolute Gasteiger partial charge is 0.385 e. The van der Waals surface area contributed by atoms with E-state index in [1.54, 1.807) is 6.08 Å². The van der Waals surface area contributed by atoms with Gasteiger partial charge in [0.2, 0.25) is 0 Å². The molecule has 4 heterocycles. The van der Waals surface area contributed by atoms with Crippen LogP contribution in [0.2, 0.25) is 0 Å². The van der Waals surface area contributed by atoms with Gasteiger partial charge in [-0.2, -0.15) is 0 Å². The van der Waals surface area contributed by atoms with Crippen LogP contribution in [0.25, 0.3) is 28.5 Å². The van der Waals surface area contributed by atoms with Gasteiger partial charge < -0.3 is 16.0 Å². The van der Waals surface area contributed by atoms with Gasteiger partial charge in [0.25, 0.3) is 0 Å². The van der Waals surface area contributed by atoms with E-state index in [1.165, 1.54) is 16.8 Å². The average Bonchev–Trinajstić information content (AvgIpc) is 3.47. The molecular formula is C34H31N5. The van der Waals surface area contributed by atoms with Crippen LogP contribution in [0.3, 0.4) is 0 Å². The standard InChI is InChI=1S/C34H31N5/c1-4-12-24(13-5-2)23(3)19-20-31(35)39-29-18-11-21-36-32(29)33-30(39)22-27-26-16-9-10-17-28(26)38(34(27)37-33)25-14-7-6-8-15-25/h4-22,34,37H,1,35H2,2-3H3/b13-5-,23-19+,24-12+,31-20+. The number of fused-ring (bicyclic) bond motifs is 6. The number of rotatable bonds is 6. The quantitative estimate of drug-likeness (QED) is 0.260. The van der Waals surface area contributed by atoms with Crippen molar-refractivity contribution in [3.63, 3.8) is 0 Å². The van der Waals surface area contributed by atoms with Crippen molar-refractivity contribution in [2.75, 3.05) is 10.2 Å². The predicted molar refractivity (Wildman–Crippen MR) is 165 cm³/mol. The zero-order valence-electron chi connectivity index (χ0n) is 22.2. The first kappa shape index (κ1) is 24.3. The van der Waals surface area contributed by atoms with E-state index in [2.05, 4.69) is 95.0 Å². The lowest BCUT2D eigenvalue weighted by Crippen LogP contribution is -2.35. The minimum Gasteiger partial charge on any atom is -0.385 e. The maximum absolute atomic E-state index is 6.80. The fraction of sp³-hybridized carbons (Fsp3) is 0.0882. The van der Waals surface area contributed by atoms with Crippen LogP contribution in [0, 0.1) is 0 Å². The molecule has 39 heavy (non-hydrogen) atoms. The van der Waals surface area contributed by atoms with Crippen LogP contribution in [-0.4, -0.2) is 15.7 Å². The second-order valence-corrected chi connectivity index (χ2v) is 9.63. The number of anilines is 3. The Morgan fingerprint density at radius 3 is 2.59 bits per heavy atom. The van der Waals surface area contributed by atoms with Crippen molar-refractivity contribution in [1.82, 2.24) is 9.55 Å². The van der Waals surface area contributed by atoms with Gasteiger partial charge in [-0.25, -0.2) is 0 Å². The number of nitrogens with one attached hydrogen (secondary N) is 1. The van der Waals surface area contributed by atoms with Crippen molar-refractivity contribution in [3.05, 3.63) is 138 Å². The van der Waals surface area contributed by atoms with E-state index in [1.807, 2.05) is 49.6 Å². The van der Waals surface area contributed by atoms with Crippen LogP contribution < -0.4 is 16.0 Å². The molecule has 0 fully saturated rings. The molecule has 1 unspecified atom stereocenters. The molecule has 0 saturated heterocycles. The molecule has 192 valence electrons. The average molecular weight is 510 g/mol. The second-order valence-electron chi connectivity index (χ2n) is 9.63. The summed E-state index contributed by atoms with van der Waals surface area (Å²) in [6.45, 7) is 7.93. The maximum atomic E-state index is 6.80. The molecule has 2 aliphatic heterocycles. The highest BCUT2D eigenvalue weighted by Crippen LogP contribution is 2.49. The van der Waals surface area contributed by atoms with Gasteiger partial charge in [-0.15, -0.1) is 0 Å². The zero-order chi connectivity index (χ0) is 26.9. The fourth-order valence-electron chi connectivity index (χ4n) is 5.51. The lowest BCUT2D eigenvalue weighted by molar-refractivity contribution is 0.923. The number of pyridine rings is 1. The zero-order valence-corrected chi connectivity index (χ0v) is 22.2. The van der Waals surface area contributed by atoms with Crippen molar-refractivity contribution in [1.29, 1.82) is 0 Å². The topological polar surface area (TPSA) is 59.1 Å². The molecule has 0 amide bonds. The van der Waals surface area contributed by atoms with Gasteiger partial charge in [0.05, 0.1) is 22.6 Å². The molecule has 5 nitrogen and oxygen atoms in total. The molecule has 6 rings (SSSR count). The number of nitrogens with two attached hydrogens (primary N) is 1. The summed E-state index contributed by atoms with van der Waals surface area (Å²) in [5, 5.41) is 3.84. The molecule has 2 aromatic carbocycles. The SMILES string of the molecule is C=C/C=C(\C=C/C)C(/C)=C/C=C(\N)n1c2c(c3ncccc31)NC1C(=C2)c2ccccc2N1c1ccccc1. The first-order valence-electron chi connectivity index (χ1n) is 13.1. The van der Waals surface area contributed by atoms with E-state index in [0.717, 1.165) is 39.2 Å². The number of nitrogens with zero attached hydrogens (tertiary/aromatic N) is 3. The Kier molecular flexibility index (Phi) is 6.25. The summed E-state index contributed by atoms with van der Waals surface area (Å²) in [5.41, 5.74) is 17.5. The Morgan fingerprint density at radius 2 is 1.79 bits per heavy atom. The summed E-state index contributed by atoms with van der Waals surface area (Å²) in [4.78, 5) is 7.13. The molecule has 2 aliphatic rings. The minimum atomic E-state index is -0.0573. The molecule has 5 heteroatoms. The lowest BCUT2D eigenvalue weighted by Gasteiger charge is -2.31. The third kappa shape index (κ3) is 4.09. The summed E-state index contributed by atoms with van der Waals surface area (Å²) >= 11 is 0. The molecule has 0 bridgehead atoms.